The minimum Gasteiger partial charge on any atom is -0.406 e. The maximum atomic E-state index is 12.4. The standard InChI is InChI=1S/C16H10F6N4O2/c17-15(18,19)7-25-14-24-6-9-5-23-13(27)11(12(9)26-14)8-1-3-10(4-2-8)28-16(20,21)22/h1-6H,7H2,(H,23,27)(H,24,25,26). The third-order valence-electron chi connectivity index (χ3n) is 3.46. The van der Waals surface area contributed by atoms with Crippen LogP contribution in [0, 0.1) is 0 Å². The van der Waals surface area contributed by atoms with Crippen molar-refractivity contribution in [2.24, 2.45) is 0 Å². The van der Waals surface area contributed by atoms with Crippen molar-refractivity contribution < 1.29 is 31.1 Å². The van der Waals surface area contributed by atoms with E-state index in [0.29, 0.717) is 5.39 Å². The summed E-state index contributed by atoms with van der Waals surface area (Å²) in [5, 5.41) is 2.33. The van der Waals surface area contributed by atoms with Crippen molar-refractivity contribution in [3.8, 4) is 16.9 Å². The van der Waals surface area contributed by atoms with Crippen LogP contribution in [-0.2, 0) is 0 Å². The molecule has 3 aromatic rings. The van der Waals surface area contributed by atoms with Crippen LogP contribution in [0.15, 0.2) is 41.5 Å². The van der Waals surface area contributed by atoms with Gasteiger partial charge in [-0.2, -0.15) is 13.2 Å². The zero-order valence-electron chi connectivity index (χ0n) is 13.6. The molecule has 148 valence electrons. The van der Waals surface area contributed by atoms with Crippen molar-refractivity contribution in [2.45, 2.75) is 12.5 Å². The normalized spacial score (nSPS) is 12.2. The van der Waals surface area contributed by atoms with Crippen LogP contribution in [0.4, 0.5) is 32.3 Å². The van der Waals surface area contributed by atoms with E-state index in [0.717, 1.165) is 12.1 Å². The van der Waals surface area contributed by atoms with Gasteiger partial charge in [-0.3, -0.25) is 4.79 Å². The number of aromatic amines is 1. The van der Waals surface area contributed by atoms with Crippen molar-refractivity contribution in [2.75, 3.05) is 11.9 Å². The van der Waals surface area contributed by atoms with Gasteiger partial charge in [-0.1, -0.05) is 12.1 Å². The number of pyridine rings is 1. The summed E-state index contributed by atoms with van der Waals surface area (Å²) in [5.41, 5.74) is -0.430. The minimum atomic E-state index is -4.87. The van der Waals surface area contributed by atoms with Crippen LogP contribution in [0.5, 0.6) is 5.75 Å². The second-order valence-corrected chi connectivity index (χ2v) is 5.53. The molecule has 0 atom stereocenters. The predicted molar refractivity (Wildman–Crippen MR) is 86.8 cm³/mol. The molecule has 0 spiro atoms. The molecule has 2 aromatic heterocycles. The number of rotatable bonds is 4. The summed E-state index contributed by atoms with van der Waals surface area (Å²) in [6, 6.07) is 4.42. The van der Waals surface area contributed by atoms with Gasteiger partial charge in [-0.25, -0.2) is 9.97 Å². The first kappa shape index (κ1) is 19.5. The Hall–Kier alpha value is -3.31. The minimum absolute atomic E-state index is 0.0338. The SMILES string of the molecule is O=c1[nH]cc2cnc(NCC(F)(F)F)nc2c1-c1ccc(OC(F)(F)F)cc1. The maximum Gasteiger partial charge on any atom is 0.573 e. The van der Waals surface area contributed by atoms with E-state index in [1.54, 1.807) is 0 Å². The number of aromatic nitrogens is 3. The number of alkyl halides is 6. The molecular weight excluding hydrogens is 394 g/mol. The number of hydrogen-bond donors (Lipinski definition) is 2. The average molecular weight is 404 g/mol. The summed E-state index contributed by atoms with van der Waals surface area (Å²) >= 11 is 0. The quantitative estimate of drug-likeness (QED) is 0.646. The fourth-order valence-corrected chi connectivity index (χ4v) is 2.38. The van der Waals surface area contributed by atoms with Gasteiger partial charge >= 0.3 is 12.5 Å². The molecule has 0 aliphatic heterocycles. The molecule has 2 N–H and O–H groups in total. The van der Waals surface area contributed by atoms with Crippen LogP contribution in [0.1, 0.15) is 0 Å². The molecule has 6 nitrogen and oxygen atoms in total. The Morgan fingerprint density at radius 3 is 2.36 bits per heavy atom. The lowest BCUT2D eigenvalue weighted by Crippen LogP contribution is -2.22. The first-order chi connectivity index (χ1) is 13.0. The molecule has 12 heteroatoms. The number of nitrogens with one attached hydrogen (secondary N) is 2. The van der Waals surface area contributed by atoms with Crippen molar-refractivity contribution >= 4 is 16.9 Å². The van der Waals surface area contributed by atoms with Crippen LogP contribution in [0.2, 0.25) is 0 Å². The van der Waals surface area contributed by atoms with Crippen molar-refractivity contribution in [3.05, 3.63) is 47.0 Å². The van der Waals surface area contributed by atoms with Crippen LogP contribution < -0.4 is 15.6 Å². The number of nitrogens with zero attached hydrogens (tertiary/aromatic N) is 2. The summed E-state index contributed by atoms with van der Waals surface area (Å²) in [4.78, 5) is 22.4. The van der Waals surface area contributed by atoms with Gasteiger partial charge in [0.05, 0.1) is 11.1 Å². The third kappa shape index (κ3) is 4.69. The largest absolute Gasteiger partial charge is 0.573 e. The first-order valence-corrected chi connectivity index (χ1v) is 7.57. The summed E-state index contributed by atoms with van der Waals surface area (Å²) in [6.07, 6.45) is -6.88. The molecule has 0 saturated heterocycles. The van der Waals surface area contributed by atoms with Crippen LogP contribution in [-0.4, -0.2) is 34.0 Å². The van der Waals surface area contributed by atoms with Crippen LogP contribution >= 0.6 is 0 Å². The van der Waals surface area contributed by atoms with E-state index in [2.05, 4.69) is 19.7 Å². The fraction of sp³-hybridized carbons (Fsp3) is 0.188. The van der Waals surface area contributed by atoms with Crippen molar-refractivity contribution in [1.29, 1.82) is 0 Å². The van der Waals surface area contributed by atoms with Gasteiger partial charge in [-0.15, -0.1) is 13.2 Å². The van der Waals surface area contributed by atoms with Gasteiger partial charge in [0.1, 0.15) is 12.3 Å². The Labute approximate surface area is 152 Å². The average Bonchev–Trinajstić information content (AvgIpc) is 2.59. The van der Waals surface area contributed by atoms with E-state index < -0.39 is 30.4 Å². The number of H-pyrrole nitrogens is 1. The molecule has 0 unspecified atom stereocenters. The first-order valence-electron chi connectivity index (χ1n) is 7.57. The molecule has 0 bridgehead atoms. The summed E-state index contributed by atoms with van der Waals surface area (Å²) in [5.74, 6) is -0.844. The van der Waals surface area contributed by atoms with Gasteiger partial charge in [0.25, 0.3) is 5.56 Å². The molecule has 1 aromatic carbocycles. The number of fused-ring (bicyclic) bond motifs is 1. The summed E-state index contributed by atoms with van der Waals surface area (Å²) < 4.78 is 77.6. The maximum absolute atomic E-state index is 12.4. The summed E-state index contributed by atoms with van der Waals surface area (Å²) in [7, 11) is 0. The Kier molecular flexibility index (Phi) is 4.87. The Morgan fingerprint density at radius 1 is 1.07 bits per heavy atom. The zero-order chi connectivity index (χ0) is 20.5. The van der Waals surface area contributed by atoms with Gasteiger partial charge in [-0.05, 0) is 17.7 Å². The smallest absolute Gasteiger partial charge is 0.406 e. The molecule has 2 heterocycles. The fourth-order valence-electron chi connectivity index (χ4n) is 2.38. The number of anilines is 1. The van der Waals surface area contributed by atoms with E-state index in [-0.39, 0.29) is 22.6 Å². The van der Waals surface area contributed by atoms with E-state index in [4.69, 9.17) is 0 Å². The molecule has 0 radical (unpaired) electrons. The van der Waals surface area contributed by atoms with Gasteiger partial charge in [0.2, 0.25) is 5.95 Å². The van der Waals surface area contributed by atoms with Crippen molar-refractivity contribution in [1.82, 2.24) is 15.0 Å². The van der Waals surface area contributed by atoms with E-state index in [9.17, 15) is 31.1 Å². The number of benzene rings is 1. The number of hydrogen-bond acceptors (Lipinski definition) is 5. The van der Waals surface area contributed by atoms with Gasteiger partial charge in [0, 0.05) is 17.8 Å². The molecule has 0 aliphatic carbocycles. The molecule has 0 fully saturated rings. The van der Waals surface area contributed by atoms with Gasteiger partial charge < -0.3 is 15.0 Å². The molecule has 3 rings (SSSR count). The molecule has 0 amide bonds. The summed E-state index contributed by atoms with van der Waals surface area (Å²) in [6.45, 7) is -1.37. The Bertz CT molecular complexity index is 1040. The highest BCUT2D eigenvalue weighted by Crippen LogP contribution is 2.28. The highest BCUT2D eigenvalue weighted by atomic mass is 19.4. The molecule has 0 saturated carbocycles. The van der Waals surface area contributed by atoms with E-state index in [1.165, 1.54) is 24.5 Å². The Morgan fingerprint density at radius 2 is 1.75 bits per heavy atom. The molecule has 28 heavy (non-hydrogen) atoms. The number of halogens is 6. The Balaban J connectivity index is 2.02. The second-order valence-electron chi connectivity index (χ2n) is 5.53. The van der Waals surface area contributed by atoms with Crippen LogP contribution in [0.25, 0.3) is 22.0 Å². The predicted octanol–water partition coefficient (Wildman–Crippen LogP) is 3.86. The lowest BCUT2D eigenvalue weighted by atomic mass is 10.0. The molecular formula is C16H10F6N4O2. The van der Waals surface area contributed by atoms with E-state index >= 15 is 0 Å². The topological polar surface area (TPSA) is 79.9 Å². The highest BCUT2D eigenvalue weighted by Gasteiger charge is 2.31. The molecule has 0 aliphatic rings. The lowest BCUT2D eigenvalue weighted by molar-refractivity contribution is -0.274. The van der Waals surface area contributed by atoms with E-state index in [1.807, 2.05) is 5.32 Å². The third-order valence-corrected chi connectivity index (χ3v) is 3.46. The number of ether oxygens (including phenoxy) is 1. The second kappa shape index (κ2) is 7.02. The van der Waals surface area contributed by atoms with Crippen LogP contribution in [0.3, 0.4) is 0 Å². The highest BCUT2D eigenvalue weighted by molar-refractivity contribution is 5.92. The van der Waals surface area contributed by atoms with Crippen molar-refractivity contribution in [3.63, 3.8) is 0 Å². The zero-order valence-corrected chi connectivity index (χ0v) is 13.6. The lowest BCUT2D eigenvalue weighted by Gasteiger charge is -2.11. The van der Waals surface area contributed by atoms with Gasteiger partial charge in [0.15, 0.2) is 0 Å². The monoisotopic (exact) mass is 404 g/mol.